The van der Waals surface area contributed by atoms with Gasteiger partial charge in [0.1, 0.15) is 11.1 Å². The van der Waals surface area contributed by atoms with Gasteiger partial charge in [0.2, 0.25) is 0 Å². The van der Waals surface area contributed by atoms with E-state index in [0.29, 0.717) is 11.7 Å². The van der Waals surface area contributed by atoms with Gasteiger partial charge in [-0.25, -0.2) is 5.21 Å². The summed E-state index contributed by atoms with van der Waals surface area (Å²) >= 11 is 0. The highest BCUT2D eigenvalue weighted by molar-refractivity contribution is 4.85. The number of nitrogens with one attached hydrogen (secondary N) is 1. The predicted octanol–water partition coefficient (Wildman–Crippen LogP) is 0.378. The summed E-state index contributed by atoms with van der Waals surface area (Å²) < 4.78 is 5.69. The molecular weight excluding hydrogens is 206 g/mol. The van der Waals surface area contributed by atoms with E-state index in [9.17, 15) is 10.3 Å². The molecule has 0 bridgehead atoms. The monoisotopic (exact) mass is 232 g/mol. The Kier molecular flexibility index (Phi) is 4.00. The standard InChI is InChI=1S/C12H25NO3/c1-9(14)8-16-10-6-11(2,3)13(15)12(4,5)7-10/h9-10,14-15H,6-8H2,1-5H3/p+1. The number of ether oxygens (including phenoxy) is 1. The second-order valence-corrected chi connectivity index (χ2v) is 6.33. The summed E-state index contributed by atoms with van der Waals surface area (Å²) in [5, 5.41) is 20.0. The van der Waals surface area contributed by atoms with Gasteiger partial charge in [-0.2, -0.15) is 5.06 Å². The maximum atomic E-state index is 10.2. The third-order valence-corrected chi connectivity index (χ3v) is 3.33. The lowest BCUT2D eigenvalue weighted by atomic mass is 9.80. The van der Waals surface area contributed by atoms with Crippen molar-refractivity contribution in [3.05, 3.63) is 0 Å². The van der Waals surface area contributed by atoms with E-state index < -0.39 is 6.10 Å². The summed E-state index contributed by atoms with van der Waals surface area (Å²) in [4.78, 5) is 0. The molecule has 4 heteroatoms. The van der Waals surface area contributed by atoms with Crippen molar-refractivity contribution in [3.8, 4) is 0 Å². The van der Waals surface area contributed by atoms with Crippen LogP contribution in [0.15, 0.2) is 0 Å². The Morgan fingerprint density at radius 1 is 1.25 bits per heavy atom. The molecule has 0 radical (unpaired) electrons. The predicted molar refractivity (Wildman–Crippen MR) is 61.6 cm³/mol. The molecule has 0 saturated carbocycles. The third kappa shape index (κ3) is 3.17. The van der Waals surface area contributed by atoms with E-state index in [-0.39, 0.29) is 17.2 Å². The molecule has 1 atom stereocenters. The quantitative estimate of drug-likeness (QED) is 0.659. The highest BCUT2D eigenvalue weighted by Gasteiger charge is 2.49. The normalized spacial score (nSPS) is 34.7. The molecule has 0 spiro atoms. The van der Waals surface area contributed by atoms with Crippen LogP contribution >= 0.6 is 0 Å². The Morgan fingerprint density at radius 3 is 2.06 bits per heavy atom. The lowest BCUT2D eigenvalue weighted by Crippen LogP contribution is -3.25. The minimum absolute atomic E-state index is 0.121. The van der Waals surface area contributed by atoms with Gasteiger partial charge in [-0.05, 0) is 34.6 Å². The van der Waals surface area contributed by atoms with Crippen molar-refractivity contribution in [2.45, 2.75) is 70.7 Å². The molecule has 1 heterocycles. The molecule has 1 unspecified atom stereocenters. The first-order chi connectivity index (χ1) is 7.15. The zero-order chi connectivity index (χ0) is 12.6. The van der Waals surface area contributed by atoms with Crippen LogP contribution in [0, 0.1) is 0 Å². The summed E-state index contributed by atoms with van der Waals surface area (Å²) in [6, 6.07) is 0. The van der Waals surface area contributed by atoms with Crippen molar-refractivity contribution < 1.29 is 20.1 Å². The molecule has 0 aromatic rings. The van der Waals surface area contributed by atoms with E-state index in [1.165, 1.54) is 0 Å². The number of rotatable bonds is 3. The van der Waals surface area contributed by atoms with Crippen LogP contribution in [-0.4, -0.2) is 40.2 Å². The molecular formula is C12H26NO3+. The van der Waals surface area contributed by atoms with Crippen LogP contribution in [-0.2, 0) is 4.74 Å². The number of aliphatic hydroxyl groups is 1. The Labute approximate surface area is 98.2 Å². The van der Waals surface area contributed by atoms with Crippen molar-refractivity contribution >= 4 is 0 Å². The van der Waals surface area contributed by atoms with Crippen LogP contribution in [0.25, 0.3) is 0 Å². The van der Waals surface area contributed by atoms with E-state index in [4.69, 9.17) is 4.74 Å². The van der Waals surface area contributed by atoms with E-state index in [1.54, 1.807) is 6.92 Å². The minimum atomic E-state index is -0.425. The molecule has 1 saturated heterocycles. The molecule has 0 amide bonds. The van der Waals surface area contributed by atoms with Gasteiger partial charge in [-0.1, -0.05) is 0 Å². The fourth-order valence-corrected chi connectivity index (χ4v) is 2.71. The smallest absolute Gasteiger partial charge is 0.124 e. The summed E-state index contributed by atoms with van der Waals surface area (Å²) in [5.74, 6) is 0. The molecule has 0 aromatic heterocycles. The minimum Gasteiger partial charge on any atom is -0.391 e. The topological polar surface area (TPSA) is 54.1 Å². The van der Waals surface area contributed by atoms with E-state index in [1.807, 2.05) is 27.7 Å². The molecule has 16 heavy (non-hydrogen) atoms. The summed E-state index contributed by atoms with van der Waals surface area (Å²) in [6.45, 7) is 10.3. The molecule has 1 aliphatic rings. The van der Waals surface area contributed by atoms with Gasteiger partial charge in [0.25, 0.3) is 0 Å². The van der Waals surface area contributed by atoms with Gasteiger partial charge in [-0.3, -0.25) is 0 Å². The van der Waals surface area contributed by atoms with Crippen molar-refractivity contribution in [2.75, 3.05) is 6.61 Å². The average Bonchev–Trinajstić information content (AvgIpc) is 2.10. The summed E-state index contributed by atoms with van der Waals surface area (Å²) in [7, 11) is 0. The summed E-state index contributed by atoms with van der Waals surface area (Å²) in [5.41, 5.74) is -0.407. The first-order valence-corrected chi connectivity index (χ1v) is 6.02. The van der Waals surface area contributed by atoms with Crippen LogP contribution in [0.1, 0.15) is 47.5 Å². The second kappa shape index (κ2) is 4.61. The Hall–Kier alpha value is -0.160. The van der Waals surface area contributed by atoms with Crippen LogP contribution in [0.4, 0.5) is 0 Å². The molecule has 1 rings (SSSR count). The Morgan fingerprint density at radius 2 is 1.69 bits per heavy atom. The van der Waals surface area contributed by atoms with E-state index in [0.717, 1.165) is 12.8 Å². The fourth-order valence-electron chi connectivity index (χ4n) is 2.71. The van der Waals surface area contributed by atoms with E-state index >= 15 is 0 Å². The van der Waals surface area contributed by atoms with Crippen molar-refractivity contribution in [3.63, 3.8) is 0 Å². The van der Waals surface area contributed by atoms with Crippen molar-refractivity contribution in [1.29, 1.82) is 0 Å². The first-order valence-electron chi connectivity index (χ1n) is 6.02. The Bertz CT molecular complexity index is 220. The van der Waals surface area contributed by atoms with Crippen molar-refractivity contribution in [1.82, 2.24) is 0 Å². The van der Waals surface area contributed by atoms with Gasteiger partial charge in [0.05, 0.1) is 18.8 Å². The molecule has 1 aliphatic heterocycles. The zero-order valence-electron chi connectivity index (χ0n) is 11.1. The van der Waals surface area contributed by atoms with Gasteiger partial charge in [0.15, 0.2) is 0 Å². The van der Waals surface area contributed by atoms with Gasteiger partial charge in [0, 0.05) is 12.8 Å². The van der Waals surface area contributed by atoms with E-state index in [2.05, 4.69) is 0 Å². The van der Waals surface area contributed by atoms with Gasteiger partial charge in [-0.15, -0.1) is 0 Å². The van der Waals surface area contributed by atoms with Crippen LogP contribution < -0.4 is 5.06 Å². The largest absolute Gasteiger partial charge is 0.391 e. The maximum absolute atomic E-state index is 10.2. The number of aliphatic hydroxyl groups excluding tert-OH is 1. The average molecular weight is 232 g/mol. The van der Waals surface area contributed by atoms with Crippen LogP contribution in [0.3, 0.4) is 0 Å². The highest BCUT2D eigenvalue weighted by Crippen LogP contribution is 2.25. The fraction of sp³-hybridized carbons (Fsp3) is 1.00. The zero-order valence-corrected chi connectivity index (χ0v) is 11.1. The highest BCUT2D eigenvalue weighted by atomic mass is 16.5. The molecule has 96 valence electrons. The maximum Gasteiger partial charge on any atom is 0.124 e. The third-order valence-electron chi connectivity index (χ3n) is 3.33. The van der Waals surface area contributed by atoms with Gasteiger partial charge >= 0.3 is 0 Å². The number of hydrogen-bond acceptors (Lipinski definition) is 3. The molecule has 1 fully saturated rings. The number of hydrogen-bond donors (Lipinski definition) is 3. The lowest BCUT2D eigenvalue weighted by Gasteiger charge is -2.47. The molecule has 3 N–H and O–H groups in total. The number of quaternary nitrogens is 1. The molecule has 0 aromatic carbocycles. The first kappa shape index (κ1) is 13.9. The number of piperidine rings is 1. The van der Waals surface area contributed by atoms with Gasteiger partial charge < -0.3 is 9.84 Å². The van der Waals surface area contributed by atoms with Crippen molar-refractivity contribution in [2.24, 2.45) is 0 Å². The van der Waals surface area contributed by atoms with Crippen LogP contribution in [0.2, 0.25) is 0 Å². The Balaban J connectivity index is 2.64. The molecule has 0 aliphatic carbocycles. The lowest BCUT2D eigenvalue weighted by molar-refractivity contribution is -1.16. The second-order valence-electron chi connectivity index (χ2n) is 6.33. The summed E-state index contributed by atoms with van der Waals surface area (Å²) in [6.07, 6.45) is 1.32. The van der Waals surface area contributed by atoms with Crippen LogP contribution in [0.5, 0.6) is 0 Å². The molecule has 4 nitrogen and oxygen atoms in total. The SMILES string of the molecule is CC(O)COC1CC(C)(C)[NH+](O)C(C)(C)C1. The number of hydroxylamine groups is 2.